The maximum Gasteiger partial charge on any atom is 0.235 e. The normalized spacial score (nSPS) is 17.2. The molecule has 1 atom stereocenters. The van der Waals surface area contributed by atoms with Crippen LogP contribution in [0, 0.1) is 0 Å². The lowest BCUT2D eigenvalue weighted by Gasteiger charge is -2.28. The van der Waals surface area contributed by atoms with Crippen molar-refractivity contribution in [2.24, 2.45) is 0 Å². The molecule has 2 heterocycles. The van der Waals surface area contributed by atoms with Gasteiger partial charge in [-0.1, -0.05) is 66.7 Å². The molecule has 0 N–H and O–H groups in total. The van der Waals surface area contributed by atoms with Gasteiger partial charge in [0.1, 0.15) is 5.37 Å². The first kappa shape index (κ1) is 16.4. The number of nitrogens with zero attached hydrogens (tertiary/aromatic N) is 1. The Hall–Kier alpha value is -2.04. The zero-order chi connectivity index (χ0) is 17.1. The number of carbonyl (C=O) groups excluding carboxylic acids is 1. The Labute approximate surface area is 156 Å². The van der Waals surface area contributed by atoms with Crippen molar-refractivity contribution in [3.63, 3.8) is 0 Å². The van der Waals surface area contributed by atoms with Crippen LogP contribution in [0.4, 0.5) is 0 Å². The van der Waals surface area contributed by atoms with Crippen molar-refractivity contribution in [2.45, 2.75) is 11.3 Å². The van der Waals surface area contributed by atoms with Crippen molar-refractivity contribution < 1.29 is 4.79 Å². The van der Waals surface area contributed by atoms with Gasteiger partial charge >= 0.3 is 0 Å². The monoisotopic (exact) mass is 365 g/mol. The number of hydrogen-bond donors (Lipinski definition) is 0. The van der Waals surface area contributed by atoms with Crippen LogP contribution >= 0.6 is 23.1 Å². The maximum absolute atomic E-state index is 13.6. The van der Waals surface area contributed by atoms with E-state index in [-0.39, 0.29) is 17.2 Å². The molecular formula is C21H19NOS2. The Kier molecular flexibility index (Phi) is 4.90. The number of thiophene rings is 1. The van der Waals surface area contributed by atoms with Gasteiger partial charge in [0.2, 0.25) is 5.91 Å². The summed E-state index contributed by atoms with van der Waals surface area (Å²) in [5.74, 6) is 0.939. The minimum Gasteiger partial charge on any atom is -0.324 e. The zero-order valence-electron chi connectivity index (χ0n) is 13.7. The number of hydrogen-bond acceptors (Lipinski definition) is 3. The molecule has 1 saturated heterocycles. The van der Waals surface area contributed by atoms with Gasteiger partial charge < -0.3 is 4.90 Å². The first-order valence-electron chi connectivity index (χ1n) is 8.40. The average molecular weight is 366 g/mol. The smallest absolute Gasteiger partial charge is 0.235 e. The Balaban J connectivity index is 1.71. The van der Waals surface area contributed by atoms with Gasteiger partial charge in [0.05, 0.1) is 5.92 Å². The van der Waals surface area contributed by atoms with E-state index in [1.54, 1.807) is 11.3 Å². The summed E-state index contributed by atoms with van der Waals surface area (Å²) >= 11 is 3.59. The lowest BCUT2D eigenvalue weighted by molar-refractivity contribution is -0.132. The molecule has 2 nitrogen and oxygen atoms in total. The summed E-state index contributed by atoms with van der Waals surface area (Å²) in [4.78, 5) is 16.9. The van der Waals surface area contributed by atoms with Gasteiger partial charge in [-0.05, 0) is 22.6 Å². The predicted octanol–water partition coefficient (Wildman–Crippen LogP) is 5.15. The molecule has 3 aromatic rings. The van der Waals surface area contributed by atoms with Gasteiger partial charge in [0, 0.05) is 17.2 Å². The summed E-state index contributed by atoms with van der Waals surface area (Å²) in [6, 6.07) is 24.4. The second-order valence-electron chi connectivity index (χ2n) is 6.02. The molecular weight excluding hydrogens is 346 g/mol. The van der Waals surface area contributed by atoms with Gasteiger partial charge in [-0.15, -0.1) is 23.1 Å². The second kappa shape index (κ2) is 7.46. The fourth-order valence-electron chi connectivity index (χ4n) is 3.30. The highest BCUT2D eigenvalue weighted by Gasteiger charge is 2.36. The summed E-state index contributed by atoms with van der Waals surface area (Å²) in [6.07, 6.45) is 0. The van der Waals surface area contributed by atoms with E-state index in [2.05, 4.69) is 46.7 Å². The fourth-order valence-corrected chi connectivity index (χ4v) is 5.54. The van der Waals surface area contributed by atoms with Crippen LogP contribution in [-0.2, 0) is 4.79 Å². The number of carbonyl (C=O) groups is 1. The molecule has 4 heteroatoms. The predicted molar refractivity (Wildman–Crippen MR) is 106 cm³/mol. The summed E-state index contributed by atoms with van der Waals surface area (Å²) in [5, 5.41) is 2.23. The van der Waals surface area contributed by atoms with Crippen LogP contribution in [0.2, 0.25) is 0 Å². The topological polar surface area (TPSA) is 20.3 Å². The lowest BCUT2D eigenvalue weighted by Crippen LogP contribution is -2.35. The van der Waals surface area contributed by atoms with E-state index in [9.17, 15) is 4.79 Å². The summed E-state index contributed by atoms with van der Waals surface area (Å²) in [5.41, 5.74) is 2.11. The van der Waals surface area contributed by atoms with E-state index in [4.69, 9.17) is 0 Å². The van der Waals surface area contributed by atoms with E-state index >= 15 is 0 Å². The molecule has 1 aliphatic heterocycles. The van der Waals surface area contributed by atoms with Crippen molar-refractivity contribution >= 4 is 29.0 Å². The summed E-state index contributed by atoms with van der Waals surface area (Å²) < 4.78 is 0. The Morgan fingerprint density at radius 1 is 0.920 bits per heavy atom. The summed E-state index contributed by atoms with van der Waals surface area (Å²) in [7, 11) is 0. The fraction of sp³-hybridized carbons (Fsp3) is 0.190. The zero-order valence-corrected chi connectivity index (χ0v) is 15.4. The van der Waals surface area contributed by atoms with E-state index < -0.39 is 0 Å². The van der Waals surface area contributed by atoms with E-state index in [0.29, 0.717) is 0 Å². The molecule has 25 heavy (non-hydrogen) atoms. The molecule has 0 radical (unpaired) electrons. The van der Waals surface area contributed by atoms with Crippen molar-refractivity contribution in [1.82, 2.24) is 4.90 Å². The third kappa shape index (κ3) is 3.37. The van der Waals surface area contributed by atoms with Crippen molar-refractivity contribution in [3.05, 3.63) is 94.2 Å². The highest BCUT2D eigenvalue weighted by Crippen LogP contribution is 2.42. The first-order valence-corrected chi connectivity index (χ1v) is 10.3. The van der Waals surface area contributed by atoms with Gasteiger partial charge in [-0.3, -0.25) is 4.79 Å². The number of amides is 1. The molecule has 0 saturated carbocycles. The average Bonchev–Trinajstić information content (AvgIpc) is 3.35. The Bertz CT molecular complexity index is 778. The minimum atomic E-state index is -0.247. The lowest BCUT2D eigenvalue weighted by atomic mass is 9.90. The van der Waals surface area contributed by atoms with Crippen molar-refractivity contribution in [2.75, 3.05) is 12.3 Å². The van der Waals surface area contributed by atoms with Crippen LogP contribution in [0.25, 0.3) is 0 Å². The van der Waals surface area contributed by atoms with E-state index in [0.717, 1.165) is 23.4 Å². The van der Waals surface area contributed by atoms with Crippen LogP contribution < -0.4 is 0 Å². The molecule has 1 aromatic heterocycles. The minimum absolute atomic E-state index is 0.141. The standard InChI is InChI=1S/C21H19NOS2/c23-20(22-13-15-25-21(22)18-12-7-14-24-18)19(16-8-3-1-4-9-16)17-10-5-2-6-11-17/h1-12,14,19,21H,13,15H2/t21-/m1/s1. The summed E-state index contributed by atoms with van der Waals surface area (Å²) in [6.45, 7) is 0.808. The Morgan fingerprint density at radius 3 is 2.12 bits per heavy atom. The largest absolute Gasteiger partial charge is 0.324 e. The third-order valence-electron chi connectivity index (χ3n) is 4.47. The number of rotatable bonds is 4. The van der Waals surface area contributed by atoms with Gasteiger partial charge in [-0.25, -0.2) is 0 Å². The molecule has 4 rings (SSSR count). The quantitative estimate of drug-likeness (QED) is 0.637. The molecule has 0 spiro atoms. The number of benzene rings is 2. The number of thioether (sulfide) groups is 1. The van der Waals surface area contributed by atoms with Crippen molar-refractivity contribution in [1.29, 1.82) is 0 Å². The van der Waals surface area contributed by atoms with Crippen LogP contribution in [0.3, 0.4) is 0 Å². The second-order valence-corrected chi connectivity index (χ2v) is 8.19. The first-order chi connectivity index (χ1) is 12.3. The van der Waals surface area contributed by atoms with E-state index in [1.165, 1.54) is 4.88 Å². The van der Waals surface area contributed by atoms with Crippen LogP contribution in [0.1, 0.15) is 27.3 Å². The highest BCUT2D eigenvalue weighted by molar-refractivity contribution is 7.99. The van der Waals surface area contributed by atoms with Gasteiger partial charge in [0.15, 0.2) is 0 Å². The third-order valence-corrected chi connectivity index (χ3v) is 6.79. The molecule has 0 bridgehead atoms. The van der Waals surface area contributed by atoms with Gasteiger partial charge in [0.25, 0.3) is 0 Å². The van der Waals surface area contributed by atoms with Crippen LogP contribution in [0.5, 0.6) is 0 Å². The molecule has 1 aliphatic rings. The van der Waals surface area contributed by atoms with Crippen LogP contribution in [0.15, 0.2) is 78.2 Å². The van der Waals surface area contributed by atoms with Crippen molar-refractivity contribution in [3.8, 4) is 0 Å². The molecule has 1 amide bonds. The molecule has 126 valence electrons. The Morgan fingerprint density at radius 2 is 1.56 bits per heavy atom. The molecule has 1 fully saturated rings. The highest BCUT2D eigenvalue weighted by atomic mass is 32.2. The molecule has 2 aromatic carbocycles. The SMILES string of the molecule is O=C(C(c1ccccc1)c1ccccc1)N1CCS[C@@H]1c1cccs1. The van der Waals surface area contributed by atoms with E-state index in [1.807, 2.05) is 48.2 Å². The molecule has 0 unspecified atom stereocenters. The van der Waals surface area contributed by atoms with Crippen LogP contribution in [-0.4, -0.2) is 23.1 Å². The van der Waals surface area contributed by atoms with Gasteiger partial charge in [-0.2, -0.15) is 0 Å². The molecule has 0 aliphatic carbocycles. The maximum atomic E-state index is 13.6.